The van der Waals surface area contributed by atoms with Crippen molar-refractivity contribution in [2.24, 2.45) is 0 Å². The second kappa shape index (κ2) is 5.38. The van der Waals surface area contributed by atoms with E-state index < -0.39 is 0 Å². The minimum Gasteiger partial charge on any atom is -0.361 e. The summed E-state index contributed by atoms with van der Waals surface area (Å²) in [7, 11) is 0. The Kier molecular flexibility index (Phi) is 4.00. The summed E-state index contributed by atoms with van der Waals surface area (Å²) in [6, 6.07) is 4.42. The van der Waals surface area contributed by atoms with Gasteiger partial charge in [0, 0.05) is 22.6 Å². The van der Waals surface area contributed by atoms with Crippen LogP contribution in [0.15, 0.2) is 18.3 Å². The molecule has 0 saturated carbocycles. The lowest BCUT2D eigenvalue weighted by Gasteiger charge is -2.20. The molecule has 1 aromatic carbocycles. The molecule has 2 nitrogen and oxygen atoms in total. The fourth-order valence-corrected chi connectivity index (χ4v) is 2.58. The summed E-state index contributed by atoms with van der Waals surface area (Å²) in [5.41, 5.74) is 5.68. The van der Waals surface area contributed by atoms with Gasteiger partial charge in [0.25, 0.3) is 0 Å². The van der Waals surface area contributed by atoms with E-state index >= 15 is 0 Å². The molecule has 0 aliphatic rings. The van der Waals surface area contributed by atoms with Crippen molar-refractivity contribution < 1.29 is 0 Å². The molecule has 0 unspecified atom stereocenters. The summed E-state index contributed by atoms with van der Waals surface area (Å²) >= 11 is 0. The molecule has 19 heavy (non-hydrogen) atoms. The van der Waals surface area contributed by atoms with E-state index in [1.54, 1.807) is 0 Å². The van der Waals surface area contributed by atoms with Crippen molar-refractivity contribution in [1.29, 1.82) is 0 Å². The lowest BCUT2D eigenvalue weighted by molar-refractivity contribution is 0.422. The second-order valence-electron chi connectivity index (χ2n) is 6.54. The summed E-state index contributed by atoms with van der Waals surface area (Å²) in [4.78, 5) is 3.43. The van der Waals surface area contributed by atoms with E-state index in [2.05, 4.69) is 63.2 Å². The SMILES string of the molecule is Cc1ccc(C)c2c(CCCNC(C)(C)C)c[nH]c12. The molecule has 2 aromatic rings. The minimum atomic E-state index is 0.215. The minimum absolute atomic E-state index is 0.215. The average molecular weight is 258 g/mol. The van der Waals surface area contributed by atoms with Crippen LogP contribution in [0, 0.1) is 13.8 Å². The zero-order valence-corrected chi connectivity index (χ0v) is 12.9. The van der Waals surface area contributed by atoms with Crippen LogP contribution in [-0.2, 0) is 6.42 Å². The first kappa shape index (κ1) is 14.1. The number of fused-ring (bicyclic) bond motifs is 1. The van der Waals surface area contributed by atoms with E-state index in [0.717, 1.165) is 13.0 Å². The summed E-state index contributed by atoms with van der Waals surface area (Å²) in [6.45, 7) is 12.1. The van der Waals surface area contributed by atoms with E-state index in [4.69, 9.17) is 0 Å². The fourth-order valence-electron chi connectivity index (χ4n) is 2.58. The van der Waals surface area contributed by atoms with E-state index in [-0.39, 0.29) is 5.54 Å². The third kappa shape index (κ3) is 3.38. The van der Waals surface area contributed by atoms with Crippen LogP contribution < -0.4 is 5.32 Å². The van der Waals surface area contributed by atoms with Crippen molar-refractivity contribution in [3.8, 4) is 0 Å². The first-order valence-corrected chi connectivity index (χ1v) is 7.20. The number of hydrogen-bond acceptors (Lipinski definition) is 1. The lowest BCUT2D eigenvalue weighted by Crippen LogP contribution is -2.36. The largest absolute Gasteiger partial charge is 0.361 e. The number of aryl methyl sites for hydroxylation is 3. The van der Waals surface area contributed by atoms with E-state index in [1.165, 1.54) is 34.0 Å². The highest BCUT2D eigenvalue weighted by atomic mass is 14.9. The smallest absolute Gasteiger partial charge is 0.0489 e. The molecule has 0 aliphatic carbocycles. The van der Waals surface area contributed by atoms with Gasteiger partial charge in [-0.2, -0.15) is 0 Å². The number of nitrogens with one attached hydrogen (secondary N) is 2. The lowest BCUT2D eigenvalue weighted by atomic mass is 10.0. The Bertz CT molecular complexity index is 558. The predicted octanol–water partition coefficient (Wildman–Crippen LogP) is 4.11. The number of benzene rings is 1. The molecule has 0 bridgehead atoms. The monoisotopic (exact) mass is 258 g/mol. The van der Waals surface area contributed by atoms with E-state index in [9.17, 15) is 0 Å². The van der Waals surface area contributed by atoms with Crippen LogP contribution in [0.3, 0.4) is 0 Å². The molecule has 0 aliphatic heterocycles. The zero-order valence-electron chi connectivity index (χ0n) is 12.9. The fraction of sp³-hybridized carbons (Fsp3) is 0.529. The highest BCUT2D eigenvalue weighted by molar-refractivity contribution is 5.88. The Balaban J connectivity index is 2.08. The summed E-state index contributed by atoms with van der Waals surface area (Å²) in [5, 5.41) is 4.97. The average Bonchev–Trinajstić information content (AvgIpc) is 2.73. The van der Waals surface area contributed by atoms with Crippen LogP contribution in [0.4, 0.5) is 0 Å². The molecule has 0 spiro atoms. The van der Waals surface area contributed by atoms with Crippen molar-refractivity contribution in [1.82, 2.24) is 10.3 Å². The van der Waals surface area contributed by atoms with Crippen molar-refractivity contribution in [3.63, 3.8) is 0 Å². The Morgan fingerprint density at radius 1 is 1.11 bits per heavy atom. The number of aromatic nitrogens is 1. The van der Waals surface area contributed by atoms with Gasteiger partial charge in [0.1, 0.15) is 0 Å². The van der Waals surface area contributed by atoms with Gasteiger partial charge in [-0.15, -0.1) is 0 Å². The number of rotatable bonds is 4. The van der Waals surface area contributed by atoms with Gasteiger partial charge in [0.15, 0.2) is 0 Å². The van der Waals surface area contributed by atoms with Crippen LogP contribution >= 0.6 is 0 Å². The normalized spacial score (nSPS) is 12.3. The molecular weight excluding hydrogens is 232 g/mol. The third-order valence-corrected chi connectivity index (χ3v) is 3.61. The first-order valence-electron chi connectivity index (χ1n) is 7.20. The van der Waals surface area contributed by atoms with Gasteiger partial charge in [-0.25, -0.2) is 0 Å². The van der Waals surface area contributed by atoms with Crippen molar-refractivity contribution in [3.05, 3.63) is 35.0 Å². The van der Waals surface area contributed by atoms with Crippen LogP contribution in [0.5, 0.6) is 0 Å². The number of hydrogen-bond donors (Lipinski definition) is 2. The van der Waals surface area contributed by atoms with Gasteiger partial charge < -0.3 is 10.3 Å². The first-order chi connectivity index (χ1) is 8.88. The Morgan fingerprint density at radius 3 is 2.47 bits per heavy atom. The molecule has 2 heteroatoms. The number of aromatic amines is 1. The topological polar surface area (TPSA) is 27.8 Å². The van der Waals surface area contributed by atoms with Crippen LogP contribution in [0.2, 0.25) is 0 Å². The quantitative estimate of drug-likeness (QED) is 0.794. The number of H-pyrrole nitrogens is 1. The van der Waals surface area contributed by atoms with Gasteiger partial charge in [-0.3, -0.25) is 0 Å². The third-order valence-electron chi connectivity index (χ3n) is 3.61. The Hall–Kier alpha value is -1.28. The maximum atomic E-state index is 3.55. The van der Waals surface area contributed by atoms with Gasteiger partial charge in [-0.1, -0.05) is 12.1 Å². The van der Waals surface area contributed by atoms with Gasteiger partial charge >= 0.3 is 0 Å². The highest BCUT2D eigenvalue weighted by Crippen LogP contribution is 2.25. The molecule has 0 atom stereocenters. The molecule has 0 amide bonds. The van der Waals surface area contributed by atoms with Gasteiger partial charge in [0.05, 0.1) is 0 Å². The molecule has 104 valence electrons. The van der Waals surface area contributed by atoms with Crippen LogP contribution in [0.1, 0.15) is 43.9 Å². The van der Waals surface area contributed by atoms with Crippen molar-refractivity contribution >= 4 is 10.9 Å². The molecule has 0 radical (unpaired) electrons. The summed E-state index contributed by atoms with van der Waals surface area (Å²) in [6.07, 6.45) is 4.49. The predicted molar refractivity (Wildman–Crippen MR) is 83.8 cm³/mol. The van der Waals surface area contributed by atoms with Crippen LogP contribution in [0.25, 0.3) is 10.9 Å². The molecular formula is C17H26N2. The standard InChI is InChI=1S/C17H26N2/c1-12-8-9-13(2)16-15(12)14(11-18-16)7-6-10-19-17(3,4)5/h8-9,11,18-19H,6-7,10H2,1-5H3. The van der Waals surface area contributed by atoms with E-state index in [0.29, 0.717) is 0 Å². The van der Waals surface area contributed by atoms with Gasteiger partial charge in [0.2, 0.25) is 0 Å². The van der Waals surface area contributed by atoms with E-state index in [1.807, 2.05) is 0 Å². The Morgan fingerprint density at radius 2 is 1.79 bits per heavy atom. The molecule has 2 N–H and O–H groups in total. The molecule has 0 fully saturated rings. The molecule has 0 saturated heterocycles. The summed E-state index contributed by atoms with van der Waals surface area (Å²) in [5.74, 6) is 0. The van der Waals surface area contributed by atoms with Crippen LogP contribution in [-0.4, -0.2) is 17.1 Å². The molecule has 1 aromatic heterocycles. The maximum absolute atomic E-state index is 3.55. The van der Waals surface area contributed by atoms with Gasteiger partial charge in [-0.05, 0) is 70.7 Å². The van der Waals surface area contributed by atoms with Crippen molar-refractivity contribution in [2.45, 2.75) is 53.0 Å². The van der Waals surface area contributed by atoms with Crippen molar-refractivity contribution in [2.75, 3.05) is 6.54 Å². The summed E-state index contributed by atoms with van der Waals surface area (Å²) < 4.78 is 0. The maximum Gasteiger partial charge on any atom is 0.0489 e. The Labute approximate surface area is 116 Å². The highest BCUT2D eigenvalue weighted by Gasteiger charge is 2.10. The molecule has 2 rings (SSSR count). The molecule has 1 heterocycles. The second-order valence-corrected chi connectivity index (χ2v) is 6.54. The zero-order chi connectivity index (χ0) is 14.0.